The number of imide groups is 1. The van der Waals surface area contributed by atoms with E-state index in [2.05, 4.69) is 22.5 Å². The average molecular weight is 362 g/mol. The van der Waals surface area contributed by atoms with Crippen LogP contribution >= 0.6 is 0 Å². The second kappa shape index (κ2) is 7.41. The maximum absolute atomic E-state index is 13.2. The quantitative estimate of drug-likeness (QED) is 0.779. The molecule has 2 fully saturated rings. The van der Waals surface area contributed by atoms with Crippen LogP contribution in [-0.4, -0.2) is 59.4 Å². The average Bonchev–Trinajstić information content (AvgIpc) is 2.82. The molecule has 0 saturated carbocycles. The zero-order chi connectivity index (χ0) is 18.7. The second-order valence-electron chi connectivity index (χ2n) is 6.80. The predicted molar refractivity (Wildman–Crippen MR) is 94.0 cm³/mol. The second-order valence-corrected chi connectivity index (χ2v) is 6.80. The van der Waals surface area contributed by atoms with Gasteiger partial charge in [0.05, 0.1) is 0 Å². The van der Waals surface area contributed by atoms with E-state index in [9.17, 15) is 18.8 Å². The van der Waals surface area contributed by atoms with E-state index >= 15 is 0 Å². The van der Waals surface area contributed by atoms with Crippen LogP contribution in [0.25, 0.3) is 0 Å². The van der Waals surface area contributed by atoms with Gasteiger partial charge < -0.3 is 15.5 Å². The lowest BCUT2D eigenvalue weighted by Gasteiger charge is -2.37. The Balaban J connectivity index is 1.61. The number of amides is 4. The van der Waals surface area contributed by atoms with Crippen molar-refractivity contribution < 1.29 is 18.8 Å². The maximum Gasteiger partial charge on any atom is 0.325 e. The Bertz CT molecular complexity index is 716. The SMILES string of the molecule is CCCN1CCC2(CC1)NC(=O)N(CC(=O)Nc1cccc(F)c1)C2=O. The van der Waals surface area contributed by atoms with E-state index < -0.39 is 23.3 Å². The number of rotatable bonds is 5. The van der Waals surface area contributed by atoms with Crippen LogP contribution in [0.1, 0.15) is 26.2 Å². The molecular formula is C18H23FN4O3. The Labute approximate surface area is 151 Å². The van der Waals surface area contributed by atoms with Crippen molar-refractivity contribution in [1.82, 2.24) is 15.1 Å². The fraction of sp³-hybridized carbons (Fsp3) is 0.500. The summed E-state index contributed by atoms with van der Waals surface area (Å²) in [5.74, 6) is -1.37. The highest BCUT2D eigenvalue weighted by Gasteiger charge is 2.52. The molecule has 2 aliphatic heterocycles. The molecule has 4 amide bonds. The van der Waals surface area contributed by atoms with Gasteiger partial charge in [0.2, 0.25) is 5.91 Å². The number of anilines is 1. The van der Waals surface area contributed by atoms with Gasteiger partial charge in [-0.1, -0.05) is 13.0 Å². The Morgan fingerprint density at radius 1 is 1.31 bits per heavy atom. The number of piperidine rings is 1. The topological polar surface area (TPSA) is 81.8 Å². The van der Waals surface area contributed by atoms with Crippen LogP contribution in [0, 0.1) is 5.82 Å². The number of urea groups is 1. The van der Waals surface area contributed by atoms with Crippen LogP contribution in [0.15, 0.2) is 24.3 Å². The summed E-state index contributed by atoms with van der Waals surface area (Å²) in [6.07, 6.45) is 2.12. The molecule has 0 unspecified atom stereocenters. The zero-order valence-corrected chi connectivity index (χ0v) is 14.8. The first-order valence-corrected chi connectivity index (χ1v) is 8.85. The number of likely N-dealkylation sites (tertiary alicyclic amines) is 1. The molecule has 26 heavy (non-hydrogen) atoms. The summed E-state index contributed by atoms with van der Waals surface area (Å²) in [5.41, 5.74) is -0.620. The summed E-state index contributed by atoms with van der Waals surface area (Å²) >= 11 is 0. The number of carbonyl (C=O) groups is 3. The van der Waals surface area contributed by atoms with Gasteiger partial charge in [0, 0.05) is 18.8 Å². The lowest BCUT2D eigenvalue weighted by Crippen LogP contribution is -2.55. The molecule has 2 heterocycles. The Morgan fingerprint density at radius 3 is 2.69 bits per heavy atom. The monoisotopic (exact) mass is 362 g/mol. The Kier molecular flexibility index (Phi) is 5.22. The smallest absolute Gasteiger partial charge is 0.324 e. The third-order valence-corrected chi connectivity index (χ3v) is 4.91. The summed E-state index contributed by atoms with van der Waals surface area (Å²) < 4.78 is 13.2. The first-order chi connectivity index (χ1) is 12.4. The highest BCUT2D eigenvalue weighted by atomic mass is 19.1. The van der Waals surface area contributed by atoms with Gasteiger partial charge in [-0.15, -0.1) is 0 Å². The summed E-state index contributed by atoms with van der Waals surface area (Å²) in [5, 5.41) is 5.29. The molecule has 140 valence electrons. The van der Waals surface area contributed by atoms with Gasteiger partial charge in [-0.2, -0.15) is 0 Å². The number of hydrogen-bond donors (Lipinski definition) is 2. The third kappa shape index (κ3) is 3.70. The van der Waals surface area contributed by atoms with Crippen molar-refractivity contribution in [2.75, 3.05) is 31.5 Å². The van der Waals surface area contributed by atoms with Crippen LogP contribution in [-0.2, 0) is 9.59 Å². The molecule has 1 aromatic carbocycles. The van der Waals surface area contributed by atoms with Crippen LogP contribution in [0.3, 0.4) is 0 Å². The van der Waals surface area contributed by atoms with Crippen molar-refractivity contribution in [3.63, 3.8) is 0 Å². The molecular weight excluding hydrogens is 339 g/mol. The van der Waals surface area contributed by atoms with Crippen molar-refractivity contribution in [2.24, 2.45) is 0 Å². The van der Waals surface area contributed by atoms with Crippen molar-refractivity contribution in [1.29, 1.82) is 0 Å². The minimum Gasteiger partial charge on any atom is -0.324 e. The summed E-state index contributed by atoms with van der Waals surface area (Å²) in [6, 6.07) is 4.90. The molecule has 0 atom stereocenters. The number of nitrogens with one attached hydrogen (secondary N) is 2. The molecule has 0 bridgehead atoms. The zero-order valence-electron chi connectivity index (χ0n) is 14.8. The third-order valence-electron chi connectivity index (χ3n) is 4.91. The van der Waals surface area contributed by atoms with Gasteiger partial charge in [0.15, 0.2) is 0 Å². The predicted octanol–water partition coefficient (Wildman–Crippen LogP) is 1.56. The van der Waals surface area contributed by atoms with Crippen molar-refractivity contribution in [3.05, 3.63) is 30.1 Å². The van der Waals surface area contributed by atoms with E-state index in [1.54, 1.807) is 0 Å². The number of nitrogens with zero attached hydrogens (tertiary/aromatic N) is 2. The molecule has 7 nitrogen and oxygen atoms in total. The number of halogens is 1. The summed E-state index contributed by atoms with van der Waals surface area (Å²) in [7, 11) is 0. The van der Waals surface area contributed by atoms with Crippen LogP contribution in [0.5, 0.6) is 0 Å². The van der Waals surface area contributed by atoms with Crippen LogP contribution in [0.4, 0.5) is 14.9 Å². The van der Waals surface area contributed by atoms with Crippen LogP contribution < -0.4 is 10.6 Å². The van der Waals surface area contributed by atoms with Gasteiger partial charge in [0.25, 0.3) is 5.91 Å². The van der Waals surface area contributed by atoms with E-state index in [4.69, 9.17) is 0 Å². The van der Waals surface area contributed by atoms with Gasteiger partial charge in [-0.05, 0) is 44.0 Å². The molecule has 0 aliphatic carbocycles. The van der Waals surface area contributed by atoms with Gasteiger partial charge in [0.1, 0.15) is 17.9 Å². The Morgan fingerprint density at radius 2 is 2.04 bits per heavy atom. The first-order valence-electron chi connectivity index (χ1n) is 8.85. The van der Waals surface area contributed by atoms with Gasteiger partial charge in [-0.3, -0.25) is 14.5 Å². The molecule has 1 aromatic rings. The number of benzene rings is 1. The van der Waals surface area contributed by atoms with E-state index in [0.29, 0.717) is 12.8 Å². The molecule has 1 spiro atoms. The Hall–Kier alpha value is -2.48. The minimum atomic E-state index is -0.902. The van der Waals surface area contributed by atoms with Crippen molar-refractivity contribution in [2.45, 2.75) is 31.7 Å². The van der Waals surface area contributed by atoms with Gasteiger partial charge in [-0.25, -0.2) is 9.18 Å². The molecule has 8 heteroatoms. The highest BCUT2D eigenvalue weighted by Crippen LogP contribution is 2.29. The fourth-order valence-corrected chi connectivity index (χ4v) is 3.54. The number of carbonyl (C=O) groups excluding carboxylic acids is 3. The summed E-state index contributed by atoms with van der Waals surface area (Å²) in [6.45, 7) is 4.16. The van der Waals surface area contributed by atoms with E-state index in [1.165, 1.54) is 24.3 Å². The number of hydrogen-bond acceptors (Lipinski definition) is 4. The standard InChI is InChI=1S/C18H23FN4O3/c1-2-8-22-9-6-18(7-10-22)16(25)23(17(26)21-18)12-15(24)20-14-5-3-4-13(19)11-14/h3-5,11H,2,6-10,12H2,1H3,(H,20,24)(H,21,26). The van der Waals surface area contributed by atoms with Gasteiger partial charge >= 0.3 is 6.03 Å². The highest BCUT2D eigenvalue weighted by molar-refractivity contribution is 6.10. The molecule has 2 N–H and O–H groups in total. The lowest BCUT2D eigenvalue weighted by atomic mass is 9.87. The normalized spacial score (nSPS) is 19.7. The van der Waals surface area contributed by atoms with Crippen molar-refractivity contribution in [3.8, 4) is 0 Å². The molecule has 2 saturated heterocycles. The van der Waals surface area contributed by atoms with Crippen molar-refractivity contribution >= 4 is 23.5 Å². The molecule has 3 rings (SSSR count). The fourth-order valence-electron chi connectivity index (χ4n) is 3.54. The van der Waals surface area contributed by atoms with E-state index in [-0.39, 0.29) is 18.1 Å². The first kappa shape index (κ1) is 18.3. The molecule has 0 aromatic heterocycles. The largest absolute Gasteiger partial charge is 0.325 e. The summed E-state index contributed by atoms with van der Waals surface area (Å²) in [4.78, 5) is 40.4. The van der Waals surface area contributed by atoms with Crippen LogP contribution in [0.2, 0.25) is 0 Å². The molecule has 0 radical (unpaired) electrons. The maximum atomic E-state index is 13.2. The minimum absolute atomic E-state index is 0.282. The molecule has 2 aliphatic rings. The lowest BCUT2D eigenvalue weighted by molar-refractivity contribution is -0.135. The van der Waals surface area contributed by atoms with E-state index in [1.807, 2.05) is 0 Å². The van der Waals surface area contributed by atoms with E-state index in [0.717, 1.165) is 31.0 Å².